The van der Waals surface area contributed by atoms with Crippen molar-refractivity contribution in [2.24, 2.45) is 13.0 Å². The zero-order chi connectivity index (χ0) is 12.3. The minimum Gasteiger partial charge on any atom is -0.381 e. The van der Waals surface area contributed by atoms with Crippen LogP contribution in [0.25, 0.3) is 0 Å². The maximum Gasteiger partial charge on any atom is 0.225 e. The number of hydrogen-bond donors (Lipinski definition) is 1. The molecule has 0 radical (unpaired) electrons. The highest BCUT2D eigenvalue weighted by atomic mass is 16.5. The van der Waals surface area contributed by atoms with Crippen LogP contribution in [0.4, 0.5) is 0 Å². The molecular weight excluding hydrogens is 218 g/mol. The van der Waals surface area contributed by atoms with Crippen LogP contribution in [0.5, 0.6) is 0 Å². The fourth-order valence-corrected chi connectivity index (χ4v) is 1.96. The van der Waals surface area contributed by atoms with E-state index < -0.39 is 0 Å². The summed E-state index contributed by atoms with van der Waals surface area (Å²) in [5, 5.41) is 7.28. The molecule has 1 aliphatic rings. The molecule has 1 aliphatic heterocycles. The smallest absolute Gasteiger partial charge is 0.225 e. The quantitative estimate of drug-likeness (QED) is 0.826. The minimum atomic E-state index is 0.0421. The first-order chi connectivity index (χ1) is 8.16. The normalized spacial score (nSPS) is 19.5. The third kappa shape index (κ3) is 3.06. The Bertz CT molecular complexity index is 375. The molecule has 0 bridgehead atoms. The van der Waals surface area contributed by atoms with Crippen molar-refractivity contribution in [3.63, 3.8) is 0 Å². The Hall–Kier alpha value is -1.36. The monoisotopic (exact) mass is 237 g/mol. The highest BCUT2D eigenvalue weighted by molar-refractivity contribution is 5.78. The molecular formula is C12H19N3O2. The summed E-state index contributed by atoms with van der Waals surface area (Å²) < 4.78 is 7.03. The number of amides is 1. The number of carbonyl (C=O) groups is 1. The Morgan fingerprint density at radius 3 is 3.12 bits per heavy atom. The van der Waals surface area contributed by atoms with E-state index in [0.29, 0.717) is 19.8 Å². The van der Waals surface area contributed by atoms with Crippen LogP contribution >= 0.6 is 0 Å². The Labute approximate surface area is 101 Å². The van der Waals surface area contributed by atoms with Crippen LogP contribution in [0.3, 0.4) is 0 Å². The predicted molar refractivity (Wildman–Crippen MR) is 63.6 cm³/mol. The Morgan fingerprint density at radius 2 is 2.53 bits per heavy atom. The van der Waals surface area contributed by atoms with E-state index in [9.17, 15) is 4.79 Å². The van der Waals surface area contributed by atoms with Gasteiger partial charge < -0.3 is 10.1 Å². The molecule has 1 N–H and O–H groups in total. The van der Waals surface area contributed by atoms with Crippen molar-refractivity contribution in [1.29, 1.82) is 0 Å². The van der Waals surface area contributed by atoms with E-state index in [4.69, 9.17) is 4.74 Å². The van der Waals surface area contributed by atoms with Crippen LogP contribution in [0.15, 0.2) is 6.07 Å². The molecule has 2 heterocycles. The largest absolute Gasteiger partial charge is 0.381 e. The molecule has 0 saturated carbocycles. The number of hydrogen-bond acceptors (Lipinski definition) is 3. The minimum absolute atomic E-state index is 0.0421. The van der Waals surface area contributed by atoms with E-state index in [0.717, 1.165) is 24.2 Å². The third-order valence-corrected chi connectivity index (χ3v) is 3.15. The third-order valence-electron chi connectivity index (χ3n) is 3.15. The van der Waals surface area contributed by atoms with Crippen LogP contribution in [-0.4, -0.2) is 35.4 Å². The Balaban J connectivity index is 1.73. The van der Waals surface area contributed by atoms with Crippen molar-refractivity contribution < 1.29 is 9.53 Å². The first-order valence-electron chi connectivity index (χ1n) is 6.02. The van der Waals surface area contributed by atoms with Gasteiger partial charge in [0.25, 0.3) is 0 Å². The average Bonchev–Trinajstić information content (AvgIpc) is 2.90. The van der Waals surface area contributed by atoms with Gasteiger partial charge in [-0.25, -0.2) is 0 Å². The fourth-order valence-electron chi connectivity index (χ4n) is 1.96. The van der Waals surface area contributed by atoms with Gasteiger partial charge >= 0.3 is 0 Å². The number of nitrogens with zero attached hydrogens (tertiary/aromatic N) is 2. The molecule has 5 nitrogen and oxygen atoms in total. The molecule has 17 heavy (non-hydrogen) atoms. The van der Waals surface area contributed by atoms with Gasteiger partial charge in [-0.2, -0.15) is 5.10 Å². The Morgan fingerprint density at radius 1 is 1.71 bits per heavy atom. The van der Waals surface area contributed by atoms with Crippen LogP contribution in [0, 0.1) is 12.8 Å². The Kier molecular flexibility index (Phi) is 3.78. The summed E-state index contributed by atoms with van der Waals surface area (Å²) in [5.74, 6) is 0.149. The second-order valence-corrected chi connectivity index (χ2v) is 4.50. The molecule has 0 spiro atoms. The molecule has 1 aromatic rings. The van der Waals surface area contributed by atoms with Gasteiger partial charge in [0.1, 0.15) is 0 Å². The van der Waals surface area contributed by atoms with Crippen LogP contribution in [-0.2, 0) is 23.0 Å². The van der Waals surface area contributed by atoms with Gasteiger partial charge in [-0.1, -0.05) is 0 Å². The summed E-state index contributed by atoms with van der Waals surface area (Å²) in [4.78, 5) is 11.7. The number of ether oxygens (including phenoxy) is 1. The highest BCUT2D eigenvalue weighted by Crippen LogP contribution is 2.11. The summed E-state index contributed by atoms with van der Waals surface area (Å²) in [7, 11) is 1.92. The number of aryl methyl sites for hydroxylation is 2. The van der Waals surface area contributed by atoms with E-state index in [1.54, 1.807) is 0 Å². The molecule has 1 amide bonds. The molecule has 0 unspecified atom stereocenters. The van der Waals surface area contributed by atoms with Gasteiger partial charge in [0.15, 0.2) is 0 Å². The first-order valence-corrected chi connectivity index (χ1v) is 6.02. The van der Waals surface area contributed by atoms with E-state index >= 15 is 0 Å². The predicted octanol–water partition coefficient (Wildman–Crippen LogP) is 0.424. The molecule has 0 aliphatic carbocycles. The van der Waals surface area contributed by atoms with Gasteiger partial charge in [0.2, 0.25) is 5.91 Å². The van der Waals surface area contributed by atoms with Crippen molar-refractivity contribution in [2.45, 2.75) is 19.8 Å². The summed E-state index contributed by atoms with van der Waals surface area (Å²) in [6.07, 6.45) is 1.62. The van der Waals surface area contributed by atoms with Gasteiger partial charge in [0.05, 0.1) is 18.2 Å². The van der Waals surface area contributed by atoms with Gasteiger partial charge in [0, 0.05) is 32.3 Å². The molecule has 1 atom stereocenters. The van der Waals surface area contributed by atoms with Crippen molar-refractivity contribution in [3.8, 4) is 0 Å². The lowest BCUT2D eigenvalue weighted by Crippen LogP contribution is -2.32. The maximum absolute atomic E-state index is 11.7. The molecule has 1 saturated heterocycles. The summed E-state index contributed by atoms with van der Waals surface area (Å²) in [6.45, 7) is 3.93. The van der Waals surface area contributed by atoms with E-state index in [1.807, 2.05) is 24.7 Å². The summed E-state index contributed by atoms with van der Waals surface area (Å²) in [5.41, 5.74) is 2.16. The zero-order valence-electron chi connectivity index (χ0n) is 10.4. The van der Waals surface area contributed by atoms with E-state index in [-0.39, 0.29) is 11.8 Å². The van der Waals surface area contributed by atoms with Crippen molar-refractivity contribution in [3.05, 3.63) is 17.5 Å². The average molecular weight is 237 g/mol. The molecule has 1 fully saturated rings. The van der Waals surface area contributed by atoms with E-state index in [2.05, 4.69) is 10.4 Å². The second-order valence-electron chi connectivity index (χ2n) is 4.50. The van der Waals surface area contributed by atoms with Crippen LogP contribution in [0.2, 0.25) is 0 Å². The van der Waals surface area contributed by atoms with Gasteiger partial charge in [-0.05, 0) is 19.4 Å². The first kappa shape index (κ1) is 12.1. The van der Waals surface area contributed by atoms with E-state index in [1.165, 1.54) is 0 Å². The lowest BCUT2D eigenvalue weighted by atomic mass is 10.1. The van der Waals surface area contributed by atoms with Crippen LogP contribution in [0.1, 0.15) is 17.8 Å². The summed E-state index contributed by atoms with van der Waals surface area (Å²) >= 11 is 0. The lowest BCUT2D eigenvalue weighted by molar-refractivity contribution is -0.124. The maximum atomic E-state index is 11.7. The van der Waals surface area contributed by atoms with Gasteiger partial charge in [-0.15, -0.1) is 0 Å². The number of nitrogens with one attached hydrogen (secondary N) is 1. The summed E-state index contributed by atoms with van der Waals surface area (Å²) in [6, 6.07) is 2.05. The van der Waals surface area contributed by atoms with Crippen molar-refractivity contribution in [2.75, 3.05) is 19.8 Å². The van der Waals surface area contributed by atoms with Crippen molar-refractivity contribution >= 4 is 5.91 Å². The fraction of sp³-hybridized carbons (Fsp3) is 0.667. The van der Waals surface area contributed by atoms with Gasteiger partial charge in [-0.3, -0.25) is 9.48 Å². The topological polar surface area (TPSA) is 56.1 Å². The van der Waals surface area contributed by atoms with Crippen molar-refractivity contribution in [1.82, 2.24) is 15.1 Å². The number of aromatic nitrogens is 2. The SMILES string of the molecule is Cc1cc(CCNC(=O)[C@H]2CCOC2)nn1C. The number of carbonyl (C=O) groups excluding carboxylic acids is 1. The number of rotatable bonds is 4. The van der Waals surface area contributed by atoms with Crippen LogP contribution < -0.4 is 5.32 Å². The molecule has 94 valence electrons. The zero-order valence-corrected chi connectivity index (χ0v) is 10.4. The highest BCUT2D eigenvalue weighted by Gasteiger charge is 2.22. The standard InChI is InChI=1S/C12H19N3O2/c1-9-7-11(14-15(9)2)3-5-13-12(16)10-4-6-17-8-10/h7,10H,3-6,8H2,1-2H3,(H,13,16)/t10-/m0/s1. The molecule has 1 aromatic heterocycles. The lowest BCUT2D eigenvalue weighted by Gasteiger charge is -2.08. The second kappa shape index (κ2) is 5.31. The molecule has 0 aromatic carbocycles. The molecule has 2 rings (SSSR count). The molecule has 5 heteroatoms.